The lowest BCUT2D eigenvalue weighted by Gasteiger charge is -2.13. The maximum atomic E-state index is 5.75. The van der Waals surface area contributed by atoms with Crippen LogP contribution in [0.25, 0.3) is 0 Å². The number of aliphatic imine (C=N–C) groups is 1. The van der Waals surface area contributed by atoms with Gasteiger partial charge in [0, 0.05) is 45.5 Å². The highest BCUT2D eigenvalue weighted by Crippen LogP contribution is 2.46. The van der Waals surface area contributed by atoms with Crippen LogP contribution in [0.1, 0.15) is 24.3 Å². The Morgan fingerprint density at radius 3 is 2.74 bits per heavy atom. The Hall–Kier alpha value is -2.53. The van der Waals surface area contributed by atoms with Crippen molar-refractivity contribution in [1.82, 2.24) is 5.32 Å². The normalized spacial score (nSPS) is 18.8. The van der Waals surface area contributed by atoms with E-state index in [0.29, 0.717) is 25.0 Å². The standard InChI is InChI=1S/C22H29N3O2/c1-23-22(24-16-18-14-21(18)17-8-4-3-5-9-17)25-19-10-6-11-20(15-19)27-13-7-12-26-2/h3-6,8-11,15,18,21H,7,12-14,16H2,1-2H3,(H2,23,24,25). The van der Waals surface area contributed by atoms with Gasteiger partial charge in [0.05, 0.1) is 6.61 Å². The number of rotatable bonds is 9. The molecule has 3 rings (SSSR count). The maximum Gasteiger partial charge on any atom is 0.195 e. The van der Waals surface area contributed by atoms with Crippen LogP contribution in [0.15, 0.2) is 59.6 Å². The zero-order chi connectivity index (χ0) is 18.9. The summed E-state index contributed by atoms with van der Waals surface area (Å²) in [5, 5.41) is 6.78. The molecule has 0 bridgehead atoms. The molecule has 2 aromatic rings. The first-order chi connectivity index (χ1) is 13.3. The first-order valence-electron chi connectivity index (χ1n) is 9.54. The predicted molar refractivity (Wildman–Crippen MR) is 111 cm³/mol. The van der Waals surface area contributed by atoms with E-state index in [-0.39, 0.29) is 0 Å². The summed E-state index contributed by atoms with van der Waals surface area (Å²) >= 11 is 0. The average molecular weight is 367 g/mol. The molecule has 0 aliphatic heterocycles. The zero-order valence-electron chi connectivity index (χ0n) is 16.2. The van der Waals surface area contributed by atoms with E-state index in [1.165, 1.54) is 12.0 Å². The fourth-order valence-electron chi connectivity index (χ4n) is 3.18. The molecule has 0 amide bonds. The van der Waals surface area contributed by atoms with Crippen molar-refractivity contribution in [3.8, 4) is 5.75 Å². The van der Waals surface area contributed by atoms with Gasteiger partial charge in [-0.05, 0) is 36.0 Å². The number of hydrogen-bond acceptors (Lipinski definition) is 3. The average Bonchev–Trinajstić information content (AvgIpc) is 3.49. The Kier molecular flexibility index (Phi) is 7.11. The molecule has 0 saturated heterocycles. The topological polar surface area (TPSA) is 54.9 Å². The van der Waals surface area contributed by atoms with E-state index in [1.54, 1.807) is 14.2 Å². The lowest BCUT2D eigenvalue weighted by Crippen LogP contribution is -2.32. The van der Waals surface area contributed by atoms with Crippen LogP contribution in [-0.2, 0) is 4.74 Å². The molecule has 0 heterocycles. The molecule has 5 heteroatoms. The number of hydrogen-bond donors (Lipinski definition) is 2. The van der Waals surface area contributed by atoms with Crippen LogP contribution < -0.4 is 15.4 Å². The van der Waals surface area contributed by atoms with E-state index in [9.17, 15) is 0 Å². The van der Waals surface area contributed by atoms with E-state index < -0.39 is 0 Å². The Morgan fingerprint density at radius 1 is 1.11 bits per heavy atom. The van der Waals surface area contributed by atoms with Crippen LogP contribution >= 0.6 is 0 Å². The highest BCUT2D eigenvalue weighted by atomic mass is 16.5. The highest BCUT2D eigenvalue weighted by Gasteiger charge is 2.37. The largest absolute Gasteiger partial charge is 0.493 e. The van der Waals surface area contributed by atoms with Crippen molar-refractivity contribution in [3.05, 3.63) is 60.2 Å². The van der Waals surface area contributed by atoms with Gasteiger partial charge in [0.15, 0.2) is 5.96 Å². The molecule has 5 nitrogen and oxygen atoms in total. The van der Waals surface area contributed by atoms with Crippen LogP contribution in [0, 0.1) is 5.92 Å². The highest BCUT2D eigenvalue weighted by molar-refractivity contribution is 5.93. The monoisotopic (exact) mass is 367 g/mol. The summed E-state index contributed by atoms with van der Waals surface area (Å²) in [5.74, 6) is 2.96. The zero-order valence-corrected chi connectivity index (χ0v) is 16.2. The molecule has 1 aliphatic carbocycles. The molecule has 0 aromatic heterocycles. The molecule has 1 fully saturated rings. The number of ether oxygens (including phenoxy) is 2. The van der Waals surface area contributed by atoms with Crippen molar-refractivity contribution < 1.29 is 9.47 Å². The summed E-state index contributed by atoms with van der Waals surface area (Å²) in [6, 6.07) is 18.7. The number of nitrogens with zero attached hydrogens (tertiary/aromatic N) is 1. The summed E-state index contributed by atoms with van der Waals surface area (Å²) < 4.78 is 10.8. The third-order valence-corrected chi connectivity index (χ3v) is 4.76. The molecule has 1 aliphatic rings. The van der Waals surface area contributed by atoms with E-state index >= 15 is 0 Å². The molecule has 2 N–H and O–H groups in total. The molecule has 27 heavy (non-hydrogen) atoms. The maximum absolute atomic E-state index is 5.75. The van der Waals surface area contributed by atoms with E-state index in [4.69, 9.17) is 9.47 Å². The van der Waals surface area contributed by atoms with Gasteiger partial charge in [-0.25, -0.2) is 0 Å². The van der Waals surface area contributed by atoms with Gasteiger partial charge in [0.25, 0.3) is 0 Å². The molecular weight excluding hydrogens is 338 g/mol. The smallest absolute Gasteiger partial charge is 0.195 e. The van der Waals surface area contributed by atoms with Gasteiger partial charge >= 0.3 is 0 Å². The van der Waals surface area contributed by atoms with Crippen molar-refractivity contribution in [2.45, 2.75) is 18.8 Å². The van der Waals surface area contributed by atoms with Gasteiger partial charge in [0.2, 0.25) is 0 Å². The molecule has 0 spiro atoms. The number of guanidine groups is 1. The summed E-state index contributed by atoms with van der Waals surface area (Å²) in [6.45, 7) is 2.28. The number of anilines is 1. The Bertz CT molecular complexity index is 733. The van der Waals surface area contributed by atoms with Crippen LogP contribution in [0.2, 0.25) is 0 Å². The second kappa shape index (κ2) is 9.97. The summed E-state index contributed by atoms with van der Waals surface area (Å²) in [5.41, 5.74) is 2.40. The second-order valence-electron chi connectivity index (χ2n) is 6.81. The van der Waals surface area contributed by atoms with Crippen LogP contribution in [-0.4, -0.2) is 39.9 Å². The van der Waals surface area contributed by atoms with Crippen molar-refractivity contribution in [3.63, 3.8) is 0 Å². The molecule has 2 atom stereocenters. The number of nitrogens with one attached hydrogen (secondary N) is 2. The van der Waals surface area contributed by atoms with E-state index in [1.807, 2.05) is 24.3 Å². The fourth-order valence-corrected chi connectivity index (χ4v) is 3.18. The number of benzene rings is 2. The molecule has 2 unspecified atom stereocenters. The minimum atomic E-state index is 0.646. The minimum Gasteiger partial charge on any atom is -0.493 e. The first-order valence-corrected chi connectivity index (χ1v) is 9.54. The summed E-state index contributed by atoms with van der Waals surface area (Å²) in [7, 11) is 3.49. The van der Waals surface area contributed by atoms with Gasteiger partial charge in [0.1, 0.15) is 5.75 Å². The Balaban J connectivity index is 1.45. The van der Waals surface area contributed by atoms with Crippen molar-refractivity contribution in [2.75, 3.05) is 39.2 Å². The fraction of sp³-hybridized carbons (Fsp3) is 0.409. The van der Waals surface area contributed by atoms with Crippen molar-refractivity contribution in [1.29, 1.82) is 0 Å². The minimum absolute atomic E-state index is 0.646. The third-order valence-electron chi connectivity index (χ3n) is 4.76. The quantitative estimate of drug-likeness (QED) is 0.401. The summed E-state index contributed by atoms with van der Waals surface area (Å²) in [4.78, 5) is 4.33. The Morgan fingerprint density at radius 2 is 1.96 bits per heavy atom. The third kappa shape index (κ3) is 6.00. The van der Waals surface area contributed by atoms with Crippen LogP contribution in [0.4, 0.5) is 5.69 Å². The summed E-state index contributed by atoms with van der Waals surface area (Å²) in [6.07, 6.45) is 2.11. The molecule has 144 valence electrons. The van der Waals surface area contributed by atoms with E-state index in [0.717, 1.165) is 30.4 Å². The van der Waals surface area contributed by atoms with Crippen molar-refractivity contribution >= 4 is 11.6 Å². The van der Waals surface area contributed by atoms with Gasteiger partial charge in [-0.2, -0.15) is 0 Å². The first kappa shape index (κ1) is 19.2. The molecular formula is C22H29N3O2. The lowest BCUT2D eigenvalue weighted by atomic mass is 10.1. The lowest BCUT2D eigenvalue weighted by molar-refractivity contribution is 0.172. The van der Waals surface area contributed by atoms with Gasteiger partial charge in [-0.3, -0.25) is 4.99 Å². The number of methoxy groups -OCH3 is 1. The predicted octanol–water partition coefficient (Wildman–Crippen LogP) is 3.89. The van der Waals surface area contributed by atoms with E-state index in [2.05, 4.69) is 46.0 Å². The second-order valence-corrected chi connectivity index (χ2v) is 6.81. The SMILES string of the molecule is CN=C(NCC1CC1c1ccccc1)Nc1cccc(OCCCOC)c1. The molecule has 0 radical (unpaired) electrons. The van der Waals surface area contributed by atoms with Gasteiger partial charge < -0.3 is 20.1 Å². The van der Waals surface area contributed by atoms with Gasteiger partial charge in [-0.1, -0.05) is 36.4 Å². The van der Waals surface area contributed by atoms with Crippen LogP contribution in [0.5, 0.6) is 5.75 Å². The van der Waals surface area contributed by atoms with Crippen LogP contribution in [0.3, 0.4) is 0 Å². The Labute approximate surface area is 161 Å². The van der Waals surface area contributed by atoms with Crippen molar-refractivity contribution in [2.24, 2.45) is 10.9 Å². The van der Waals surface area contributed by atoms with Gasteiger partial charge in [-0.15, -0.1) is 0 Å². The molecule has 1 saturated carbocycles. The molecule has 2 aromatic carbocycles.